The Kier molecular flexibility index (Phi) is 5.13. The molecule has 114 valence electrons. The fraction of sp³-hybridized carbons (Fsp3) is 0.286. The lowest BCUT2D eigenvalue weighted by Gasteiger charge is -2.19. The number of halogens is 4. The molecule has 21 heavy (non-hydrogen) atoms. The summed E-state index contributed by atoms with van der Waals surface area (Å²) in [5.41, 5.74) is 4.75. The van der Waals surface area contributed by atoms with Crippen molar-refractivity contribution in [1.29, 1.82) is 0 Å². The lowest BCUT2D eigenvalue weighted by atomic mass is 10.2. The van der Waals surface area contributed by atoms with Crippen molar-refractivity contribution in [1.82, 2.24) is 0 Å². The van der Waals surface area contributed by atoms with Crippen molar-refractivity contribution in [3.05, 3.63) is 51.2 Å². The second-order valence-electron chi connectivity index (χ2n) is 4.34. The Morgan fingerprint density at radius 2 is 2.05 bits per heavy atom. The van der Waals surface area contributed by atoms with Crippen molar-refractivity contribution in [2.45, 2.75) is 18.7 Å². The number of thiophene rings is 1. The first-order valence-electron chi connectivity index (χ1n) is 6.18. The minimum absolute atomic E-state index is 0.0663. The van der Waals surface area contributed by atoms with Gasteiger partial charge < -0.3 is 10.5 Å². The first kappa shape index (κ1) is 16.1. The summed E-state index contributed by atoms with van der Waals surface area (Å²) >= 11 is 7.39. The van der Waals surface area contributed by atoms with Crippen molar-refractivity contribution >= 4 is 22.9 Å². The average Bonchev–Trinajstić information content (AvgIpc) is 2.93. The first-order chi connectivity index (χ1) is 9.91. The Labute approximate surface area is 129 Å². The van der Waals surface area contributed by atoms with E-state index in [1.165, 1.54) is 17.4 Å². The van der Waals surface area contributed by atoms with Gasteiger partial charge in [-0.3, -0.25) is 0 Å². The zero-order valence-electron chi connectivity index (χ0n) is 10.9. The van der Waals surface area contributed by atoms with Gasteiger partial charge in [0.1, 0.15) is 11.9 Å². The number of ether oxygens (including phenoxy) is 1. The zero-order valence-corrected chi connectivity index (χ0v) is 12.4. The summed E-state index contributed by atoms with van der Waals surface area (Å²) in [7, 11) is 0. The van der Waals surface area contributed by atoms with E-state index in [1.807, 2.05) is 17.5 Å². The van der Waals surface area contributed by atoms with E-state index in [0.29, 0.717) is 13.0 Å². The first-order valence-corrected chi connectivity index (χ1v) is 7.44. The summed E-state index contributed by atoms with van der Waals surface area (Å²) in [6.07, 6.45) is -4.19. The third kappa shape index (κ3) is 4.12. The normalized spacial score (nSPS) is 13.2. The third-order valence-corrected chi connectivity index (χ3v) is 4.08. The van der Waals surface area contributed by atoms with Crippen LogP contribution in [0.25, 0.3) is 0 Å². The quantitative estimate of drug-likeness (QED) is 0.844. The lowest BCUT2D eigenvalue weighted by molar-refractivity contribution is -0.137. The van der Waals surface area contributed by atoms with Crippen molar-refractivity contribution in [2.24, 2.45) is 5.73 Å². The molecule has 1 aromatic carbocycles. The molecular weight excluding hydrogens is 323 g/mol. The van der Waals surface area contributed by atoms with E-state index >= 15 is 0 Å². The average molecular weight is 336 g/mol. The van der Waals surface area contributed by atoms with Crippen LogP contribution in [0.1, 0.15) is 23.0 Å². The Morgan fingerprint density at radius 3 is 2.57 bits per heavy atom. The molecule has 1 unspecified atom stereocenters. The summed E-state index contributed by atoms with van der Waals surface area (Å²) < 4.78 is 43.5. The largest absolute Gasteiger partial charge is 0.483 e. The smallest absolute Gasteiger partial charge is 0.416 e. The highest BCUT2D eigenvalue weighted by Gasteiger charge is 2.31. The van der Waals surface area contributed by atoms with Crippen LogP contribution in [0.3, 0.4) is 0 Å². The number of benzene rings is 1. The molecule has 0 radical (unpaired) electrons. The molecule has 2 rings (SSSR count). The predicted octanol–water partition coefficient (Wildman–Crippen LogP) is 4.89. The van der Waals surface area contributed by atoms with Crippen LogP contribution >= 0.6 is 22.9 Å². The van der Waals surface area contributed by atoms with Crippen LogP contribution in [0.15, 0.2) is 35.7 Å². The molecule has 1 heterocycles. The molecule has 0 aliphatic carbocycles. The second-order valence-corrected chi connectivity index (χ2v) is 5.73. The number of rotatable bonds is 5. The number of alkyl halides is 3. The molecule has 0 aliphatic heterocycles. The molecule has 0 amide bonds. The van der Waals surface area contributed by atoms with Gasteiger partial charge in [-0.1, -0.05) is 17.7 Å². The summed E-state index contributed by atoms with van der Waals surface area (Å²) in [6.45, 7) is 0.404. The van der Waals surface area contributed by atoms with Crippen molar-refractivity contribution in [3.8, 4) is 5.75 Å². The lowest BCUT2D eigenvalue weighted by Crippen LogP contribution is -2.12. The van der Waals surface area contributed by atoms with Crippen molar-refractivity contribution in [2.75, 3.05) is 6.54 Å². The van der Waals surface area contributed by atoms with E-state index in [9.17, 15) is 13.2 Å². The van der Waals surface area contributed by atoms with Gasteiger partial charge in [0.25, 0.3) is 0 Å². The van der Waals surface area contributed by atoms with Gasteiger partial charge in [-0.25, -0.2) is 0 Å². The number of nitrogens with two attached hydrogens (primary N) is 1. The number of hydrogen-bond donors (Lipinski definition) is 1. The van der Waals surface area contributed by atoms with E-state index in [2.05, 4.69) is 0 Å². The minimum Gasteiger partial charge on any atom is -0.483 e. The van der Waals surface area contributed by atoms with Crippen LogP contribution < -0.4 is 10.5 Å². The topological polar surface area (TPSA) is 35.2 Å². The van der Waals surface area contributed by atoms with E-state index in [0.717, 1.165) is 17.0 Å². The summed E-state index contributed by atoms with van der Waals surface area (Å²) in [4.78, 5) is 0.955. The molecule has 1 atom stereocenters. The highest BCUT2D eigenvalue weighted by atomic mass is 35.5. The maximum atomic E-state index is 12.6. The van der Waals surface area contributed by atoms with E-state index < -0.39 is 11.7 Å². The third-order valence-electron chi connectivity index (χ3n) is 2.82. The van der Waals surface area contributed by atoms with Gasteiger partial charge in [0.05, 0.1) is 10.6 Å². The van der Waals surface area contributed by atoms with Crippen LogP contribution in [-0.2, 0) is 6.18 Å². The fourth-order valence-corrected chi connectivity index (χ4v) is 2.83. The van der Waals surface area contributed by atoms with Crippen LogP contribution in [0.4, 0.5) is 13.2 Å². The minimum atomic E-state index is -4.42. The van der Waals surface area contributed by atoms with Crippen LogP contribution in [0.2, 0.25) is 5.02 Å². The highest BCUT2D eigenvalue weighted by molar-refractivity contribution is 7.10. The maximum Gasteiger partial charge on any atom is 0.416 e. The molecule has 0 aliphatic rings. The standard InChI is InChI=1S/C14H13ClF3NOS/c15-10-8-9(14(16,17)18)3-4-11(10)20-12(5-6-19)13-2-1-7-21-13/h1-4,7-8,12H,5-6,19H2. The molecule has 2 nitrogen and oxygen atoms in total. The molecule has 0 saturated carbocycles. The van der Waals surface area contributed by atoms with Gasteiger partial charge in [0.2, 0.25) is 0 Å². The monoisotopic (exact) mass is 335 g/mol. The summed E-state index contributed by atoms with van der Waals surface area (Å²) in [6, 6.07) is 6.83. The Balaban J connectivity index is 2.21. The number of hydrogen-bond acceptors (Lipinski definition) is 3. The van der Waals surface area contributed by atoms with Gasteiger partial charge in [0.15, 0.2) is 0 Å². The molecule has 0 saturated heterocycles. The molecule has 2 aromatic rings. The van der Waals surface area contributed by atoms with Crippen molar-refractivity contribution < 1.29 is 17.9 Å². The van der Waals surface area contributed by atoms with Crippen molar-refractivity contribution in [3.63, 3.8) is 0 Å². The van der Waals surface area contributed by atoms with Gasteiger partial charge in [0, 0.05) is 11.3 Å². The highest BCUT2D eigenvalue weighted by Crippen LogP contribution is 2.37. The fourth-order valence-electron chi connectivity index (χ4n) is 1.81. The Bertz CT molecular complexity index is 586. The molecule has 7 heteroatoms. The molecule has 1 aromatic heterocycles. The van der Waals surface area contributed by atoms with E-state index in [-0.39, 0.29) is 16.9 Å². The summed E-state index contributed by atoms with van der Waals surface area (Å²) in [5, 5.41) is 1.83. The van der Waals surface area contributed by atoms with Crippen LogP contribution in [0, 0.1) is 0 Å². The molecular formula is C14H13ClF3NOS. The van der Waals surface area contributed by atoms with Gasteiger partial charge in [-0.05, 0) is 36.2 Å². The zero-order chi connectivity index (χ0) is 15.5. The maximum absolute atomic E-state index is 12.6. The SMILES string of the molecule is NCCC(Oc1ccc(C(F)(F)F)cc1Cl)c1cccs1. The Morgan fingerprint density at radius 1 is 1.29 bits per heavy atom. The molecule has 0 spiro atoms. The van der Waals surface area contributed by atoms with Gasteiger partial charge >= 0.3 is 6.18 Å². The second kappa shape index (κ2) is 6.68. The van der Waals surface area contributed by atoms with Gasteiger partial charge in [-0.2, -0.15) is 13.2 Å². The van der Waals surface area contributed by atoms with Crippen LogP contribution in [-0.4, -0.2) is 6.54 Å². The van der Waals surface area contributed by atoms with E-state index in [1.54, 1.807) is 0 Å². The van der Waals surface area contributed by atoms with Crippen LogP contribution in [0.5, 0.6) is 5.75 Å². The molecule has 2 N–H and O–H groups in total. The Hall–Kier alpha value is -1.24. The molecule has 0 fully saturated rings. The van der Waals surface area contributed by atoms with Gasteiger partial charge in [-0.15, -0.1) is 11.3 Å². The molecule has 0 bridgehead atoms. The van der Waals surface area contributed by atoms with E-state index in [4.69, 9.17) is 22.1 Å². The summed E-state index contributed by atoms with van der Waals surface area (Å²) in [5.74, 6) is 0.219. The predicted molar refractivity (Wildman–Crippen MR) is 77.8 cm³/mol.